The quantitative estimate of drug-likeness (QED) is 0.626. The third kappa shape index (κ3) is 4.59. The molecule has 0 aliphatic carbocycles. The van der Waals surface area contributed by atoms with Gasteiger partial charge in [0.25, 0.3) is 5.91 Å². The van der Waals surface area contributed by atoms with Gasteiger partial charge in [-0.15, -0.1) is 0 Å². The van der Waals surface area contributed by atoms with Crippen molar-refractivity contribution in [3.63, 3.8) is 0 Å². The van der Waals surface area contributed by atoms with Gasteiger partial charge in [-0.05, 0) is 24.3 Å². The number of hydrogen-bond donors (Lipinski definition) is 2. The van der Waals surface area contributed by atoms with Crippen LogP contribution in [0.1, 0.15) is 26.3 Å². The Labute approximate surface area is 145 Å². The Bertz CT molecular complexity index is 836. The number of esters is 1. The van der Waals surface area contributed by atoms with Crippen LogP contribution in [0.15, 0.2) is 48.5 Å². The minimum atomic E-state index is -4.96. The number of rotatable bonds is 5. The predicted molar refractivity (Wildman–Crippen MR) is 84.4 cm³/mol. The summed E-state index contributed by atoms with van der Waals surface area (Å²) >= 11 is 0. The standard InChI is InChI=1S/C17H13F3N2O4/c18-17(19,20)14-11(15(21)24)7-4-8-12(14)26-13(23)9-22-16(25)10-5-2-1-3-6-10/h1-8H,9H2,(H2,21,24)(H,22,25). The SMILES string of the molecule is NC(=O)c1cccc(OC(=O)CNC(=O)c2ccccc2)c1C(F)(F)F. The third-order valence-corrected chi connectivity index (χ3v) is 3.23. The molecule has 0 atom stereocenters. The first-order valence-corrected chi connectivity index (χ1v) is 7.24. The van der Waals surface area contributed by atoms with E-state index in [-0.39, 0.29) is 5.56 Å². The van der Waals surface area contributed by atoms with Crippen LogP contribution < -0.4 is 15.8 Å². The fourth-order valence-electron chi connectivity index (χ4n) is 2.12. The largest absolute Gasteiger partial charge is 0.425 e. The van der Waals surface area contributed by atoms with Gasteiger partial charge in [-0.25, -0.2) is 4.79 Å². The summed E-state index contributed by atoms with van der Waals surface area (Å²) in [6.45, 7) is -0.661. The normalized spacial score (nSPS) is 10.9. The van der Waals surface area contributed by atoms with Crippen molar-refractivity contribution >= 4 is 17.8 Å². The van der Waals surface area contributed by atoms with Crippen molar-refractivity contribution in [3.05, 3.63) is 65.2 Å². The molecule has 0 aromatic heterocycles. The maximum absolute atomic E-state index is 13.2. The zero-order valence-corrected chi connectivity index (χ0v) is 13.2. The van der Waals surface area contributed by atoms with Crippen LogP contribution >= 0.6 is 0 Å². The van der Waals surface area contributed by atoms with Crippen molar-refractivity contribution < 1.29 is 32.3 Å². The molecule has 0 aliphatic heterocycles. The lowest BCUT2D eigenvalue weighted by atomic mass is 10.1. The topological polar surface area (TPSA) is 98.5 Å². The van der Waals surface area contributed by atoms with Crippen LogP contribution in [0.25, 0.3) is 0 Å². The van der Waals surface area contributed by atoms with E-state index in [9.17, 15) is 27.6 Å². The molecule has 2 amide bonds. The number of carbonyl (C=O) groups excluding carboxylic acids is 3. The van der Waals surface area contributed by atoms with Crippen LogP contribution in [0.3, 0.4) is 0 Å². The smallest absolute Gasteiger partial charge is 0.420 e. The molecule has 0 unspecified atom stereocenters. The Kier molecular flexibility index (Phi) is 5.61. The molecule has 0 radical (unpaired) electrons. The lowest BCUT2D eigenvalue weighted by Crippen LogP contribution is -2.32. The molecule has 0 aliphatic rings. The number of hydrogen-bond acceptors (Lipinski definition) is 4. The molecule has 9 heteroatoms. The molecular formula is C17H13F3N2O4. The van der Waals surface area contributed by atoms with Gasteiger partial charge in [-0.1, -0.05) is 24.3 Å². The maximum Gasteiger partial charge on any atom is 0.420 e. The van der Waals surface area contributed by atoms with Crippen molar-refractivity contribution in [1.29, 1.82) is 0 Å². The summed E-state index contributed by atoms with van der Waals surface area (Å²) in [6.07, 6.45) is -4.96. The van der Waals surface area contributed by atoms with Gasteiger partial charge >= 0.3 is 12.1 Å². The molecule has 0 spiro atoms. The number of halogens is 3. The summed E-state index contributed by atoms with van der Waals surface area (Å²) in [7, 11) is 0. The van der Waals surface area contributed by atoms with E-state index < -0.39 is 47.4 Å². The average molecular weight is 366 g/mol. The van der Waals surface area contributed by atoms with Crippen molar-refractivity contribution in [2.45, 2.75) is 6.18 Å². The van der Waals surface area contributed by atoms with Gasteiger partial charge in [0, 0.05) is 5.56 Å². The second-order valence-electron chi connectivity index (χ2n) is 5.06. The fraction of sp³-hybridized carbons (Fsp3) is 0.118. The molecule has 0 bridgehead atoms. The van der Waals surface area contributed by atoms with Gasteiger partial charge < -0.3 is 15.8 Å². The first-order valence-electron chi connectivity index (χ1n) is 7.24. The first-order chi connectivity index (χ1) is 12.2. The zero-order valence-electron chi connectivity index (χ0n) is 13.2. The van der Waals surface area contributed by atoms with E-state index in [2.05, 4.69) is 10.1 Å². The zero-order chi connectivity index (χ0) is 19.3. The Balaban J connectivity index is 2.13. The fourth-order valence-corrected chi connectivity index (χ4v) is 2.12. The van der Waals surface area contributed by atoms with Crippen molar-refractivity contribution in [3.8, 4) is 5.75 Å². The highest BCUT2D eigenvalue weighted by Gasteiger charge is 2.39. The second-order valence-corrected chi connectivity index (χ2v) is 5.06. The number of nitrogens with two attached hydrogens (primary N) is 1. The molecule has 3 N–H and O–H groups in total. The summed E-state index contributed by atoms with van der Waals surface area (Å²) < 4.78 is 44.2. The number of primary amides is 1. The maximum atomic E-state index is 13.2. The monoisotopic (exact) mass is 366 g/mol. The molecule has 0 saturated carbocycles. The van der Waals surface area contributed by atoms with Gasteiger partial charge in [0.1, 0.15) is 17.9 Å². The van der Waals surface area contributed by atoms with Gasteiger partial charge in [0.05, 0.1) is 5.56 Å². The van der Waals surface area contributed by atoms with Crippen LogP contribution in [-0.2, 0) is 11.0 Å². The molecule has 0 heterocycles. The van der Waals surface area contributed by atoms with Crippen LogP contribution in [0.5, 0.6) is 5.75 Å². The van der Waals surface area contributed by atoms with Crippen LogP contribution in [-0.4, -0.2) is 24.3 Å². The van der Waals surface area contributed by atoms with E-state index in [4.69, 9.17) is 5.73 Å². The van der Waals surface area contributed by atoms with E-state index in [1.807, 2.05) is 0 Å². The van der Waals surface area contributed by atoms with E-state index in [1.54, 1.807) is 18.2 Å². The van der Waals surface area contributed by atoms with E-state index >= 15 is 0 Å². The summed E-state index contributed by atoms with van der Waals surface area (Å²) in [5, 5.41) is 2.23. The van der Waals surface area contributed by atoms with Crippen molar-refractivity contribution in [2.24, 2.45) is 5.73 Å². The summed E-state index contributed by atoms with van der Waals surface area (Å²) in [5.74, 6) is -3.91. The molecular weight excluding hydrogens is 353 g/mol. The Morgan fingerprint density at radius 1 is 1.00 bits per heavy atom. The predicted octanol–water partition coefficient (Wildman–Crippen LogP) is 2.14. The van der Waals surface area contributed by atoms with Gasteiger partial charge in [-0.2, -0.15) is 13.2 Å². The summed E-state index contributed by atoms with van der Waals surface area (Å²) in [5.41, 5.74) is 2.94. The first kappa shape index (κ1) is 19.0. The number of benzene rings is 2. The Hall–Kier alpha value is -3.36. The minimum Gasteiger partial charge on any atom is -0.425 e. The van der Waals surface area contributed by atoms with Crippen LogP contribution in [0, 0.1) is 0 Å². The van der Waals surface area contributed by atoms with Gasteiger partial charge in [-0.3, -0.25) is 9.59 Å². The van der Waals surface area contributed by atoms with Gasteiger partial charge in [0.15, 0.2) is 0 Å². The molecule has 136 valence electrons. The lowest BCUT2D eigenvalue weighted by molar-refractivity contribution is -0.142. The highest BCUT2D eigenvalue weighted by molar-refractivity contribution is 5.97. The van der Waals surface area contributed by atoms with E-state index in [1.165, 1.54) is 12.1 Å². The molecule has 26 heavy (non-hydrogen) atoms. The molecule has 2 rings (SSSR count). The molecule has 2 aromatic carbocycles. The lowest BCUT2D eigenvalue weighted by Gasteiger charge is -2.15. The minimum absolute atomic E-state index is 0.270. The third-order valence-electron chi connectivity index (χ3n) is 3.23. The summed E-state index contributed by atoms with van der Waals surface area (Å²) in [6, 6.07) is 10.8. The Morgan fingerprint density at radius 3 is 2.23 bits per heavy atom. The van der Waals surface area contributed by atoms with E-state index in [0.29, 0.717) is 0 Å². The number of amides is 2. The second kappa shape index (κ2) is 7.68. The molecule has 6 nitrogen and oxygen atoms in total. The average Bonchev–Trinajstić information content (AvgIpc) is 2.59. The van der Waals surface area contributed by atoms with Crippen LogP contribution in [0.4, 0.5) is 13.2 Å². The number of carbonyl (C=O) groups is 3. The highest BCUT2D eigenvalue weighted by atomic mass is 19.4. The molecule has 0 fully saturated rings. The summed E-state index contributed by atoms with van der Waals surface area (Å²) in [4.78, 5) is 34.8. The van der Waals surface area contributed by atoms with Crippen LogP contribution in [0.2, 0.25) is 0 Å². The van der Waals surface area contributed by atoms with E-state index in [0.717, 1.165) is 18.2 Å². The van der Waals surface area contributed by atoms with Crippen molar-refractivity contribution in [1.82, 2.24) is 5.32 Å². The van der Waals surface area contributed by atoms with Gasteiger partial charge in [0.2, 0.25) is 5.91 Å². The van der Waals surface area contributed by atoms with Crippen molar-refractivity contribution in [2.75, 3.05) is 6.54 Å². The Morgan fingerprint density at radius 2 is 1.65 bits per heavy atom. The number of ether oxygens (including phenoxy) is 1. The number of alkyl halides is 3. The number of nitrogens with one attached hydrogen (secondary N) is 1. The molecule has 0 saturated heterocycles. The highest BCUT2D eigenvalue weighted by Crippen LogP contribution is 2.38. The molecule has 2 aromatic rings.